The largest absolute Gasteiger partial charge is 0.364 e. The zero-order valence-electron chi connectivity index (χ0n) is 18.2. The number of hydrogen-bond acceptors (Lipinski definition) is 4. The summed E-state index contributed by atoms with van der Waals surface area (Å²) in [6, 6.07) is 13.6. The van der Waals surface area contributed by atoms with E-state index in [1.54, 1.807) is 0 Å². The monoisotopic (exact) mass is 403 g/mol. The fraction of sp³-hybridized carbons (Fsp3) is 0.360. The zero-order chi connectivity index (χ0) is 21.4. The van der Waals surface area contributed by atoms with Gasteiger partial charge in [0, 0.05) is 26.2 Å². The first-order valence-electron chi connectivity index (χ1n) is 10.7. The number of carbonyl (C=O) groups is 2. The summed E-state index contributed by atoms with van der Waals surface area (Å²) in [6.45, 7) is 12.5. The van der Waals surface area contributed by atoms with Gasteiger partial charge in [0.1, 0.15) is 5.70 Å². The molecule has 0 unspecified atom stereocenters. The number of hydrogen-bond donors (Lipinski definition) is 0. The summed E-state index contributed by atoms with van der Waals surface area (Å²) in [5.41, 5.74) is 5.80. The van der Waals surface area contributed by atoms with Crippen molar-refractivity contribution in [3.05, 3.63) is 70.4 Å². The first-order valence-corrected chi connectivity index (χ1v) is 10.7. The maximum atomic E-state index is 13.6. The average molecular weight is 404 g/mol. The molecule has 0 aliphatic carbocycles. The maximum Gasteiger partial charge on any atom is 0.282 e. The molecule has 0 radical (unpaired) electrons. The van der Waals surface area contributed by atoms with Crippen molar-refractivity contribution < 1.29 is 9.59 Å². The molecule has 4 rings (SSSR count). The van der Waals surface area contributed by atoms with Crippen molar-refractivity contribution in [1.82, 2.24) is 9.80 Å². The molecule has 2 amide bonds. The molecular formula is C25H29N3O2. The summed E-state index contributed by atoms with van der Waals surface area (Å²) in [5, 5.41) is 0. The number of aryl methyl sites for hydroxylation is 3. The van der Waals surface area contributed by atoms with Gasteiger partial charge in [-0.05, 0) is 50.6 Å². The number of nitrogens with zero attached hydrogens (tertiary/aromatic N) is 3. The molecule has 2 aliphatic rings. The van der Waals surface area contributed by atoms with Gasteiger partial charge in [-0.3, -0.25) is 9.59 Å². The van der Waals surface area contributed by atoms with Crippen LogP contribution in [-0.4, -0.2) is 54.3 Å². The van der Waals surface area contributed by atoms with Gasteiger partial charge in [0.15, 0.2) is 0 Å². The molecule has 2 aliphatic heterocycles. The molecule has 2 aromatic carbocycles. The highest BCUT2D eigenvalue weighted by Gasteiger charge is 2.43. The Labute approximate surface area is 178 Å². The summed E-state index contributed by atoms with van der Waals surface area (Å²) in [6.07, 6.45) is 0. The van der Waals surface area contributed by atoms with E-state index in [1.165, 1.54) is 4.90 Å². The lowest BCUT2D eigenvalue weighted by Gasteiger charge is -2.36. The van der Waals surface area contributed by atoms with Crippen LogP contribution < -0.4 is 4.90 Å². The van der Waals surface area contributed by atoms with Crippen molar-refractivity contribution in [2.75, 3.05) is 37.6 Å². The Balaban J connectivity index is 1.81. The fourth-order valence-electron chi connectivity index (χ4n) is 4.36. The van der Waals surface area contributed by atoms with E-state index >= 15 is 0 Å². The Morgan fingerprint density at radius 3 is 2.03 bits per heavy atom. The third kappa shape index (κ3) is 3.54. The van der Waals surface area contributed by atoms with Crippen molar-refractivity contribution in [3.63, 3.8) is 0 Å². The Morgan fingerprint density at radius 2 is 1.43 bits per heavy atom. The molecule has 0 aromatic heterocycles. The lowest BCUT2D eigenvalue weighted by atomic mass is 9.97. The Morgan fingerprint density at radius 1 is 0.800 bits per heavy atom. The van der Waals surface area contributed by atoms with Crippen LogP contribution in [0.2, 0.25) is 0 Å². The van der Waals surface area contributed by atoms with Crippen LogP contribution in [0.25, 0.3) is 5.57 Å². The molecule has 1 fully saturated rings. The van der Waals surface area contributed by atoms with Crippen molar-refractivity contribution >= 4 is 23.1 Å². The Bertz CT molecular complexity index is 1020. The molecule has 0 N–H and O–H groups in total. The molecule has 0 spiro atoms. The van der Waals surface area contributed by atoms with Gasteiger partial charge in [-0.15, -0.1) is 0 Å². The van der Waals surface area contributed by atoms with E-state index < -0.39 is 0 Å². The van der Waals surface area contributed by atoms with Gasteiger partial charge >= 0.3 is 0 Å². The molecule has 0 bridgehead atoms. The van der Waals surface area contributed by atoms with Crippen LogP contribution >= 0.6 is 0 Å². The predicted molar refractivity (Wildman–Crippen MR) is 120 cm³/mol. The van der Waals surface area contributed by atoms with Crippen LogP contribution in [0.5, 0.6) is 0 Å². The van der Waals surface area contributed by atoms with Crippen molar-refractivity contribution in [2.24, 2.45) is 0 Å². The van der Waals surface area contributed by atoms with E-state index in [-0.39, 0.29) is 11.8 Å². The number of likely N-dealkylation sites (N-methyl/N-ethyl adjacent to an activating group) is 1. The lowest BCUT2D eigenvalue weighted by Crippen LogP contribution is -2.47. The maximum absolute atomic E-state index is 13.6. The second kappa shape index (κ2) is 8.07. The molecule has 5 heteroatoms. The molecule has 2 heterocycles. The predicted octanol–water partition coefficient (Wildman–Crippen LogP) is 3.53. The lowest BCUT2D eigenvalue weighted by molar-refractivity contribution is -0.120. The van der Waals surface area contributed by atoms with Gasteiger partial charge in [-0.1, -0.05) is 48.4 Å². The van der Waals surface area contributed by atoms with Gasteiger partial charge in [-0.2, -0.15) is 0 Å². The topological polar surface area (TPSA) is 43.9 Å². The molecule has 30 heavy (non-hydrogen) atoms. The van der Waals surface area contributed by atoms with E-state index in [4.69, 9.17) is 0 Å². The minimum atomic E-state index is -0.233. The molecule has 2 aromatic rings. The minimum absolute atomic E-state index is 0.219. The second-order valence-electron chi connectivity index (χ2n) is 8.24. The quantitative estimate of drug-likeness (QED) is 0.733. The van der Waals surface area contributed by atoms with Crippen LogP contribution in [0.1, 0.15) is 29.2 Å². The summed E-state index contributed by atoms with van der Waals surface area (Å²) in [4.78, 5) is 33.0. The molecule has 0 atom stereocenters. The van der Waals surface area contributed by atoms with Crippen LogP contribution in [0, 0.1) is 20.8 Å². The number of piperazine rings is 1. The SMILES string of the molecule is CCN1CCN(C2=C(c3ccc(C)cc3C)C(=O)N(c3ccc(C)cc3)C2=O)CC1. The van der Waals surface area contributed by atoms with Crippen molar-refractivity contribution in [2.45, 2.75) is 27.7 Å². The number of anilines is 1. The zero-order valence-corrected chi connectivity index (χ0v) is 18.2. The van der Waals surface area contributed by atoms with Gasteiger partial charge in [-0.25, -0.2) is 4.90 Å². The molecular weight excluding hydrogens is 374 g/mol. The van der Waals surface area contributed by atoms with E-state index in [0.717, 1.165) is 55.0 Å². The van der Waals surface area contributed by atoms with Crippen LogP contribution in [-0.2, 0) is 9.59 Å². The van der Waals surface area contributed by atoms with Crippen LogP contribution in [0.15, 0.2) is 48.2 Å². The standard InChI is InChI=1S/C25H29N3O2/c1-5-26-12-14-27(15-13-26)23-22(21-11-8-18(3)16-19(21)4)24(29)28(25(23)30)20-9-6-17(2)7-10-20/h6-11,16H,5,12-15H2,1-4H3. The summed E-state index contributed by atoms with van der Waals surface area (Å²) in [7, 11) is 0. The summed E-state index contributed by atoms with van der Waals surface area (Å²) in [5.74, 6) is -0.451. The number of carbonyl (C=O) groups excluding carboxylic acids is 2. The van der Waals surface area contributed by atoms with Crippen LogP contribution in [0.4, 0.5) is 5.69 Å². The smallest absolute Gasteiger partial charge is 0.282 e. The van der Waals surface area contributed by atoms with Gasteiger partial charge in [0.2, 0.25) is 0 Å². The van der Waals surface area contributed by atoms with Gasteiger partial charge in [0.25, 0.3) is 11.8 Å². The van der Waals surface area contributed by atoms with E-state index in [0.29, 0.717) is 17.0 Å². The Hall–Kier alpha value is -2.92. The van der Waals surface area contributed by atoms with E-state index in [1.807, 2.05) is 57.2 Å². The van der Waals surface area contributed by atoms with Gasteiger partial charge in [0.05, 0.1) is 11.3 Å². The minimum Gasteiger partial charge on any atom is -0.364 e. The van der Waals surface area contributed by atoms with Gasteiger partial charge < -0.3 is 9.80 Å². The molecule has 5 nitrogen and oxygen atoms in total. The third-order valence-electron chi connectivity index (χ3n) is 6.14. The van der Waals surface area contributed by atoms with E-state index in [2.05, 4.69) is 22.8 Å². The number of imide groups is 1. The molecule has 156 valence electrons. The normalized spacial score (nSPS) is 18.0. The number of benzene rings is 2. The van der Waals surface area contributed by atoms with Crippen LogP contribution in [0.3, 0.4) is 0 Å². The van der Waals surface area contributed by atoms with E-state index in [9.17, 15) is 9.59 Å². The van der Waals surface area contributed by atoms with Crippen molar-refractivity contribution in [3.8, 4) is 0 Å². The highest BCUT2D eigenvalue weighted by molar-refractivity contribution is 6.45. The number of rotatable bonds is 4. The Kier molecular flexibility index (Phi) is 5.48. The fourth-order valence-corrected chi connectivity index (χ4v) is 4.36. The third-order valence-corrected chi connectivity index (χ3v) is 6.14. The summed E-state index contributed by atoms with van der Waals surface area (Å²) < 4.78 is 0. The summed E-state index contributed by atoms with van der Waals surface area (Å²) >= 11 is 0. The van der Waals surface area contributed by atoms with Crippen molar-refractivity contribution in [1.29, 1.82) is 0 Å². The molecule has 1 saturated heterocycles. The second-order valence-corrected chi connectivity index (χ2v) is 8.24. The average Bonchev–Trinajstić information content (AvgIpc) is 2.99. The highest BCUT2D eigenvalue weighted by atomic mass is 16.2. The first kappa shape index (κ1) is 20.4. The number of amides is 2. The molecule has 0 saturated carbocycles. The first-order chi connectivity index (χ1) is 14.4. The highest BCUT2D eigenvalue weighted by Crippen LogP contribution is 2.36.